The lowest BCUT2D eigenvalue weighted by atomic mass is 9.94. The highest BCUT2D eigenvalue weighted by molar-refractivity contribution is 14.0. The summed E-state index contributed by atoms with van der Waals surface area (Å²) < 4.78 is 5.52. The van der Waals surface area contributed by atoms with Crippen LogP contribution in [0.15, 0.2) is 4.99 Å². The van der Waals surface area contributed by atoms with Crippen LogP contribution in [0.25, 0.3) is 0 Å². The summed E-state index contributed by atoms with van der Waals surface area (Å²) in [6, 6.07) is 0.548. The molecule has 1 atom stereocenters. The van der Waals surface area contributed by atoms with Crippen LogP contribution in [0, 0.1) is 11.8 Å². The number of nitrogens with one attached hydrogen (secondary N) is 2. The van der Waals surface area contributed by atoms with Crippen molar-refractivity contribution >= 4 is 29.9 Å². The molecule has 6 nitrogen and oxygen atoms in total. The second-order valence-electron chi connectivity index (χ2n) is 8.35. The molecule has 2 N–H and O–H groups in total. The number of aliphatic imine (C=N–C) groups is 1. The van der Waals surface area contributed by atoms with E-state index in [4.69, 9.17) is 4.74 Å². The lowest BCUT2D eigenvalue weighted by Crippen LogP contribution is -2.51. The van der Waals surface area contributed by atoms with E-state index >= 15 is 0 Å². The Morgan fingerprint density at radius 1 is 1.11 bits per heavy atom. The third-order valence-electron chi connectivity index (χ3n) is 5.72. The maximum Gasteiger partial charge on any atom is 0.191 e. The molecular weight excluding hydrogens is 453 g/mol. The molecule has 0 saturated carbocycles. The van der Waals surface area contributed by atoms with E-state index in [1.807, 2.05) is 7.05 Å². The zero-order valence-electron chi connectivity index (χ0n) is 17.9. The van der Waals surface area contributed by atoms with Gasteiger partial charge >= 0.3 is 0 Å². The minimum Gasteiger partial charge on any atom is -0.379 e. The number of hydrogen-bond donors (Lipinski definition) is 2. The van der Waals surface area contributed by atoms with Crippen molar-refractivity contribution in [1.29, 1.82) is 0 Å². The van der Waals surface area contributed by atoms with E-state index in [1.165, 1.54) is 38.8 Å². The maximum atomic E-state index is 5.52. The Hall–Kier alpha value is -0.120. The summed E-state index contributed by atoms with van der Waals surface area (Å²) in [5.74, 6) is 2.50. The van der Waals surface area contributed by atoms with Crippen LogP contribution in [0.5, 0.6) is 0 Å². The first-order valence-corrected chi connectivity index (χ1v) is 10.5. The lowest BCUT2D eigenvalue weighted by molar-refractivity contribution is 0.0132. The molecule has 27 heavy (non-hydrogen) atoms. The van der Waals surface area contributed by atoms with Crippen molar-refractivity contribution < 1.29 is 4.74 Å². The fourth-order valence-corrected chi connectivity index (χ4v) is 4.03. The van der Waals surface area contributed by atoms with Gasteiger partial charge in [0.05, 0.1) is 13.2 Å². The Morgan fingerprint density at radius 2 is 1.78 bits per heavy atom. The van der Waals surface area contributed by atoms with E-state index < -0.39 is 0 Å². The molecular formula is C20H42IN5O. The van der Waals surface area contributed by atoms with Gasteiger partial charge in [-0.3, -0.25) is 9.89 Å². The van der Waals surface area contributed by atoms with E-state index in [0.29, 0.717) is 12.0 Å². The average Bonchev–Trinajstić information content (AvgIpc) is 2.65. The van der Waals surface area contributed by atoms with E-state index in [9.17, 15) is 0 Å². The first-order valence-electron chi connectivity index (χ1n) is 10.5. The Bertz CT molecular complexity index is 407. The van der Waals surface area contributed by atoms with Crippen molar-refractivity contribution in [3.8, 4) is 0 Å². The summed E-state index contributed by atoms with van der Waals surface area (Å²) in [6.07, 6.45) is 5.11. The van der Waals surface area contributed by atoms with Crippen LogP contribution >= 0.6 is 24.0 Å². The number of piperidine rings is 1. The Kier molecular flexibility index (Phi) is 12.9. The molecule has 0 amide bonds. The Labute approximate surface area is 183 Å². The van der Waals surface area contributed by atoms with E-state index in [-0.39, 0.29) is 24.0 Å². The summed E-state index contributed by atoms with van der Waals surface area (Å²) in [4.78, 5) is 9.43. The predicted octanol–water partition coefficient (Wildman–Crippen LogP) is 2.25. The van der Waals surface area contributed by atoms with Crippen LogP contribution in [-0.4, -0.2) is 88.4 Å². The zero-order chi connectivity index (χ0) is 18.8. The standard InChI is InChI=1S/C20H41N5O.HI/c1-17(2)15-19(25-11-13-26-14-12-25)16-23-20(21-3)22-8-5-18-6-9-24(4)10-7-18;/h17-19H,5-16H2,1-4H3,(H2,21,22,23);1H. The van der Waals surface area contributed by atoms with Gasteiger partial charge < -0.3 is 20.3 Å². The van der Waals surface area contributed by atoms with Crippen molar-refractivity contribution in [3.63, 3.8) is 0 Å². The van der Waals surface area contributed by atoms with Gasteiger partial charge in [-0.2, -0.15) is 0 Å². The predicted molar refractivity (Wildman–Crippen MR) is 125 cm³/mol. The SMILES string of the molecule is CN=C(NCCC1CCN(C)CC1)NCC(CC(C)C)N1CCOCC1.I. The van der Waals surface area contributed by atoms with Crippen molar-refractivity contribution in [2.75, 3.05) is 66.6 Å². The Balaban J connectivity index is 0.00000364. The van der Waals surface area contributed by atoms with Crippen molar-refractivity contribution in [3.05, 3.63) is 0 Å². The minimum absolute atomic E-state index is 0. The van der Waals surface area contributed by atoms with Crippen LogP contribution in [0.4, 0.5) is 0 Å². The molecule has 7 heteroatoms. The second kappa shape index (κ2) is 14.0. The number of nitrogens with zero attached hydrogens (tertiary/aromatic N) is 3. The minimum atomic E-state index is 0. The van der Waals surface area contributed by atoms with Crippen molar-refractivity contribution in [1.82, 2.24) is 20.4 Å². The number of ether oxygens (including phenoxy) is 1. The molecule has 2 aliphatic rings. The van der Waals surface area contributed by atoms with Gasteiger partial charge in [-0.15, -0.1) is 24.0 Å². The van der Waals surface area contributed by atoms with E-state index in [0.717, 1.165) is 51.3 Å². The van der Waals surface area contributed by atoms with Gasteiger partial charge in [0.15, 0.2) is 5.96 Å². The van der Waals surface area contributed by atoms with E-state index in [1.54, 1.807) is 0 Å². The molecule has 2 fully saturated rings. The molecule has 0 aromatic carbocycles. The molecule has 2 saturated heterocycles. The average molecular weight is 495 g/mol. The molecule has 2 heterocycles. The van der Waals surface area contributed by atoms with Gasteiger partial charge in [-0.25, -0.2) is 0 Å². The molecule has 160 valence electrons. The summed E-state index contributed by atoms with van der Waals surface area (Å²) in [5, 5.41) is 7.09. The topological polar surface area (TPSA) is 52.1 Å². The number of guanidine groups is 1. The monoisotopic (exact) mass is 495 g/mol. The van der Waals surface area contributed by atoms with Gasteiger partial charge in [0, 0.05) is 39.3 Å². The highest BCUT2D eigenvalue weighted by atomic mass is 127. The fraction of sp³-hybridized carbons (Fsp3) is 0.950. The number of morpholine rings is 1. The molecule has 0 aromatic rings. The van der Waals surface area contributed by atoms with E-state index in [2.05, 4.69) is 46.3 Å². The van der Waals surface area contributed by atoms with Gasteiger partial charge in [-0.05, 0) is 57.7 Å². The molecule has 0 bridgehead atoms. The number of hydrogen-bond acceptors (Lipinski definition) is 4. The molecule has 0 radical (unpaired) electrons. The van der Waals surface area contributed by atoms with Crippen LogP contribution < -0.4 is 10.6 Å². The van der Waals surface area contributed by atoms with Crippen molar-refractivity contribution in [2.45, 2.75) is 45.6 Å². The maximum absolute atomic E-state index is 5.52. The van der Waals surface area contributed by atoms with Crippen LogP contribution in [-0.2, 0) is 4.74 Å². The molecule has 0 aromatic heterocycles. The fourth-order valence-electron chi connectivity index (χ4n) is 4.03. The molecule has 2 rings (SSSR count). The molecule has 0 spiro atoms. The molecule has 0 aliphatic carbocycles. The van der Waals surface area contributed by atoms with Crippen LogP contribution in [0.2, 0.25) is 0 Å². The Morgan fingerprint density at radius 3 is 2.37 bits per heavy atom. The van der Waals surface area contributed by atoms with Gasteiger partial charge in [0.1, 0.15) is 0 Å². The number of rotatable bonds is 8. The summed E-state index contributed by atoms with van der Waals surface area (Å²) in [7, 11) is 4.10. The summed E-state index contributed by atoms with van der Waals surface area (Å²) in [6.45, 7) is 12.9. The van der Waals surface area contributed by atoms with Crippen LogP contribution in [0.3, 0.4) is 0 Å². The van der Waals surface area contributed by atoms with Gasteiger partial charge in [0.25, 0.3) is 0 Å². The quantitative estimate of drug-likeness (QED) is 0.308. The third kappa shape index (κ3) is 9.76. The third-order valence-corrected chi connectivity index (χ3v) is 5.72. The number of halogens is 1. The zero-order valence-corrected chi connectivity index (χ0v) is 20.2. The highest BCUT2D eigenvalue weighted by Gasteiger charge is 2.22. The number of likely N-dealkylation sites (tertiary alicyclic amines) is 1. The molecule has 1 unspecified atom stereocenters. The largest absolute Gasteiger partial charge is 0.379 e. The normalized spacial score (nSPS) is 21.7. The lowest BCUT2D eigenvalue weighted by Gasteiger charge is -2.35. The summed E-state index contributed by atoms with van der Waals surface area (Å²) >= 11 is 0. The van der Waals surface area contributed by atoms with Gasteiger partial charge in [-0.1, -0.05) is 13.8 Å². The van der Waals surface area contributed by atoms with Crippen molar-refractivity contribution in [2.24, 2.45) is 16.8 Å². The van der Waals surface area contributed by atoms with Crippen LogP contribution in [0.1, 0.15) is 39.5 Å². The smallest absolute Gasteiger partial charge is 0.191 e. The highest BCUT2D eigenvalue weighted by Crippen LogP contribution is 2.18. The first kappa shape index (κ1) is 24.9. The summed E-state index contributed by atoms with van der Waals surface area (Å²) in [5.41, 5.74) is 0. The molecule has 2 aliphatic heterocycles. The van der Waals surface area contributed by atoms with Gasteiger partial charge in [0.2, 0.25) is 0 Å². The first-order chi connectivity index (χ1) is 12.6. The second-order valence-corrected chi connectivity index (χ2v) is 8.35.